The van der Waals surface area contributed by atoms with Crippen LogP contribution in [0.25, 0.3) is 0 Å². The van der Waals surface area contributed by atoms with E-state index in [1.54, 1.807) is 36.2 Å². The van der Waals surface area contributed by atoms with Crippen molar-refractivity contribution >= 4 is 21.5 Å². The minimum Gasteiger partial charge on any atom is -0.485 e. The van der Waals surface area contributed by atoms with Gasteiger partial charge in [0.15, 0.2) is 16.4 Å². The van der Waals surface area contributed by atoms with Crippen molar-refractivity contribution in [1.82, 2.24) is 14.7 Å². The number of fused-ring (bicyclic) bond motifs is 1. The number of hydrogen-bond acceptors (Lipinski definition) is 7. The maximum absolute atomic E-state index is 13.2. The first-order chi connectivity index (χ1) is 15.8. The molecule has 0 unspecified atom stereocenters. The van der Waals surface area contributed by atoms with Gasteiger partial charge in [0.05, 0.1) is 21.6 Å². The van der Waals surface area contributed by atoms with Gasteiger partial charge in [-0.3, -0.25) is 14.3 Å². The number of benzene rings is 1. The van der Waals surface area contributed by atoms with Crippen LogP contribution in [0.4, 0.5) is 0 Å². The second-order valence-corrected chi connectivity index (χ2v) is 11.7. The molecule has 0 saturated heterocycles. The Labute approximate surface area is 191 Å². The third-order valence-corrected chi connectivity index (χ3v) is 9.83. The highest BCUT2D eigenvalue weighted by Gasteiger charge is 2.60. The van der Waals surface area contributed by atoms with Crippen LogP contribution in [0.15, 0.2) is 24.3 Å². The molecule has 0 atom stereocenters. The number of ether oxygens (including phenoxy) is 1. The van der Waals surface area contributed by atoms with Gasteiger partial charge in [-0.2, -0.15) is 10.4 Å². The van der Waals surface area contributed by atoms with E-state index in [0.717, 1.165) is 12.8 Å². The van der Waals surface area contributed by atoms with Crippen LogP contribution in [0.1, 0.15) is 57.8 Å². The molecule has 33 heavy (non-hydrogen) atoms. The topological polar surface area (TPSA) is 122 Å². The number of rotatable bonds is 8. The van der Waals surface area contributed by atoms with Crippen LogP contribution in [0.5, 0.6) is 5.75 Å². The molecule has 2 aliphatic carbocycles. The van der Waals surface area contributed by atoms with E-state index < -0.39 is 14.6 Å². The standard InChI is InChI=1S/C23H24N4O5S/c1-26-21-18(20(25-26)19(28)13-32-16-4-2-15(12-24)3-5-16)8-11-27(22(21)29)14-23(9-10-23)33(30,31)17-6-7-17/h2-5,17H,6-11,13-14H2,1H3. The maximum Gasteiger partial charge on any atom is 0.272 e. The van der Waals surface area contributed by atoms with Crippen LogP contribution in [0, 0.1) is 11.3 Å². The van der Waals surface area contributed by atoms with Crippen molar-refractivity contribution in [1.29, 1.82) is 5.26 Å². The molecule has 10 heteroatoms. The van der Waals surface area contributed by atoms with Crippen molar-refractivity contribution in [3.05, 3.63) is 46.8 Å². The van der Waals surface area contributed by atoms with Crippen molar-refractivity contribution < 1.29 is 22.7 Å². The van der Waals surface area contributed by atoms with E-state index in [1.165, 1.54) is 4.68 Å². The molecule has 2 saturated carbocycles. The van der Waals surface area contributed by atoms with Gasteiger partial charge in [-0.05, 0) is 56.4 Å². The SMILES string of the molecule is Cn1nc(C(=O)COc2ccc(C#N)cc2)c2c1C(=O)N(CC1(S(=O)(=O)C3CC3)CC1)CC2. The number of hydrogen-bond donors (Lipinski definition) is 0. The summed E-state index contributed by atoms with van der Waals surface area (Å²) >= 11 is 0. The van der Waals surface area contributed by atoms with Crippen molar-refractivity contribution in [2.45, 2.75) is 42.1 Å². The largest absolute Gasteiger partial charge is 0.485 e. The smallest absolute Gasteiger partial charge is 0.272 e. The fraction of sp³-hybridized carbons (Fsp3) is 0.478. The van der Waals surface area contributed by atoms with Gasteiger partial charge in [0, 0.05) is 25.7 Å². The summed E-state index contributed by atoms with van der Waals surface area (Å²) in [6.45, 7) is 0.326. The van der Waals surface area contributed by atoms with Crippen LogP contribution < -0.4 is 4.74 Å². The van der Waals surface area contributed by atoms with Gasteiger partial charge in [0.25, 0.3) is 5.91 Å². The molecule has 9 nitrogen and oxygen atoms in total. The number of carbonyl (C=O) groups excluding carboxylic acids is 2. The van der Waals surface area contributed by atoms with E-state index in [9.17, 15) is 18.0 Å². The molecular weight excluding hydrogens is 444 g/mol. The fourth-order valence-electron chi connectivity index (χ4n) is 4.54. The van der Waals surface area contributed by atoms with Crippen molar-refractivity contribution in [3.8, 4) is 11.8 Å². The third-order valence-electron chi connectivity index (χ3n) is 6.74. The van der Waals surface area contributed by atoms with Gasteiger partial charge in [-0.25, -0.2) is 8.42 Å². The summed E-state index contributed by atoms with van der Waals surface area (Å²) in [5.74, 6) is -0.163. The molecule has 1 aliphatic heterocycles. The molecule has 0 bridgehead atoms. The summed E-state index contributed by atoms with van der Waals surface area (Å²) in [7, 11) is -1.60. The molecule has 0 N–H and O–H groups in total. The van der Waals surface area contributed by atoms with E-state index in [2.05, 4.69) is 5.10 Å². The van der Waals surface area contributed by atoms with Gasteiger partial charge >= 0.3 is 0 Å². The molecule has 0 radical (unpaired) electrons. The summed E-state index contributed by atoms with van der Waals surface area (Å²) in [5, 5.41) is 12.9. The highest BCUT2D eigenvalue weighted by atomic mass is 32.2. The lowest BCUT2D eigenvalue weighted by Gasteiger charge is -2.31. The molecular formula is C23H24N4O5S. The Hall–Kier alpha value is -3.19. The van der Waals surface area contributed by atoms with Crippen molar-refractivity contribution in [3.63, 3.8) is 0 Å². The van der Waals surface area contributed by atoms with Crippen LogP contribution >= 0.6 is 0 Å². The Morgan fingerprint density at radius 3 is 2.58 bits per heavy atom. The summed E-state index contributed by atoms with van der Waals surface area (Å²) in [6.07, 6.45) is 3.08. The predicted octanol–water partition coefficient (Wildman–Crippen LogP) is 1.66. The minimum absolute atomic E-state index is 0.209. The number of aryl methyl sites for hydroxylation is 1. The van der Waals surface area contributed by atoms with E-state index in [0.29, 0.717) is 48.4 Å². The van der Waals surface area contributed by atoms with Crippen LogP contribution in [0.3, 0.4) is 0 Å². The Balaban J connectivity index is 1.30. The molecule has 2 fully saturated rings. The first-order valence-electron chi connectivity index (χ1n) is 11.0. The van der Waals surface area contributed by atoms with Crippen molar-refractivity contribution in [2.24, 2.45) is 7.05 Å². The predicted molar refractivity (Wildman–Crippen MR) is 118 cm³/mol. The van der Waals surface area contributed by atoms with Crippen LogP contribution in [-0.2, 0) is 23.3 Å². The Kier molecular flexibility index (Phi) is 5.05. The molecule has 3 aliphatic rings. The van der Waals surface area contributed by atoms with Crippen LogP contribution in [-0.4, -0.2) is 64.5 Å². The zero-order valence-electron chi connectivity index (χ0n) is 18.3. The molecule has 2 aromatic rings. The second-order valence-electron chi connectivity index (χ2n) is 9.05. The summed E-state index contributed by atoms with van der Waals surface area (Å²) < 4.78 is 31.9. The lowest BCUT2D eigenvalue weighted by Crippen LogP contribution is -2.46. The molecule has 172 valence electrons. The molecule has 0 spiro atoms. The average Bonchev–Trinajstić information content (AvgIpc) is 3.72. The van der Waals surface area contributed by atoms with E-state index >= 15 is 0 Å². The molecule has 1 amide bonds. The number of carbonyl (C=O) groups is 2. The Bertz CT molecular complexity index is 1280. The Morgan fingerprint density at radius 1 is 1.27 bits per heavy atom. The summed E-state index contributed by atoms with van der Waals surface area (Å²) in [6, 6.07) is 8.46. The van der Waals surface area contributed by atoms with E-state index in [-0.39, 0.29) is 35.8 Å². The monoisotopic (exact) mass is 468 g/mol. The first kappa shape index (κ1) is 21.6. The van der Waals surface area contributed by atoms with Gasteiger partial charge in [0.2, 0.25) is 5.78 Å². The van der Waals surface area contributed by atoms with Gasteiger partial charge < -0.3 is 9.64 Å². The minimum atomic E-state index is -3.22. The fourth-order valence-corrected chi connectivity index (χ4v) is 7.01. The second kappa shape index (κ2) is 7.70. The lowest BCUT2D eigenvalue weighted by atomic mass is 10.0. The molecule has 2 heterocycles. The quantitative estimate of drug-likeness (QED) is 0.540. The highest BCUT2D eigenvalue weighted by molar-refractivity contribution is 7.94. The number of amides is 1. The van der Waals surface area contributed by atoms with E-state index in [4.69, 9.17) is 10.00 Å². The number of ketones is 1. The number of nitriles is 1. The molecule has 1 aromatic carbocycles. The normalized spacial score (nSPS) is 19.0. The number of aromatic nitrogens is 2. The van der Waals surface area contributed by atoms with Gasteiger partial charge in [-0.15, -0.1) is 0 Å². The molecule has 5 rings (SSSR count). The van der Waals surface area contributed by atoms with Crippen molar-refractivity contribution in [2.75, 3.05) is 19.7 Å². The zero-order valence-corrected chi connectivity index (χ0v) is 19.1. The highest BCUT2D eigenvalue weighted by Crippen LogP contribution is 2.50. The Morgan fingerprint density at radius 2 is 1.97 bits per heavy atom. The zero-order chi connectivity index (χ0) is 23.4. The van der Waals surface area contributed by atoms with Crippen LogP contribution in [0.2, 0.25) is 0 Å². The summed E-state index contributed by atoms with van der Waals surface area (Å²) in [4.78, 5) is 27.7. The number of nitrogens with zero attached hydrogens (tertiary/aromatic N) is 4. The van der Waals surface area contributed by atoms with Gasteiger partial charge in [0.1, 0.15) is 17.1 Å². The average molecular weight is 469 g/mol. The third kappa shape index (κ3) is 3.70. The molecule has 1 aromatic heterocycles. The summed E-state index contributed by atoms with van der Waals surface area (Å²) in [5.41, 5.74) is 1.62. The maximum atomic E-state index is 13.2. The first-order valence-corrected chi connectivity index (χ1v) is 12.6. The number of Topliss-reactive ketones (excluding diaryl/α,β-unsaturated/α-hetero) is 1. The van der Waals surface area contributed by atoms with E-state index in [1.807, 2.05) is 6.07 Å². The van der Waals surface area contributed by atoms with Gasteiger partial charge in [-0.1, -0.05) is 0 Å². The lowest BCUT2D eigenvalue weighted by molar-refractivity contribution is 0.0724. The number of sulfone groups is 1.